The molecule has 3 nitrogen and oxygen atoms in total. The van der Waals surface area contributed by atoms with Gasteiger partial charge in [-0.2, -0.15) is 0 Å². The Hall–Kier alpha value is -2.72. The van der Waals surface area contributed by atoms with Crippen molar-refractivity contribution in [3.63, 3.8) is 0 Å². The fourth-order valence-electron chi connectivity index (χ4n) is 3.54. The summed E-state index contributed by atoms with van der Waals surface area (Å²) in [7, 11) is 0.804. The Balaban J connectivity index is 2.06. The van der Waals surface area contributed by atoms with Crippen LogP contribution in [0.2, 0.25) is 0 Å². The van der Waals surface area contributed by atoms with Crippen LogP contribution in [0.1, 0.15) is 26.3 Å². The minimum Gasteiger partial charge on any atom is -0.356 e. The van der Waals surface area contributed by atoms with Crippen LogP contribution in [0.5, 0.6) is 0 Å². The monoisotopic (exact) mass is 419 g/mol. The van der Waals surface area contributed by atoms with Gasteiger partial charge in [-0.3, -0.25) is 9.00 Å². The van der Waals surface area contributed by atoms with Gasteiger partial charge in [0.15, 0.2) is 5.43 Å². The molecule has 0 fully saturated rings. The zero-order valence-corrected chi connectivity index (χ0v) is 18.9. The first kappa shape index (κ1) is 22.0. The summed E-state index contributed by atoms with van der Waals surface area (Å²) < 4.78 is 14.5. The van der Waals surface area contributed by atoms with E-state index in [0.717, 1.165) is 22.4 Å². The Morgan fingerprint density at radius 2 is 1.63 bits per heavy atom. The van der Waals surface area contributed by atoms with Crippen molar-refractivity contribution in [1.82, 2.24) is 4.57 Å². The van der Waals surface area contributed by atoms with Gasteiger partial charge in [0.05, 0.1) is 10.8 Å². The molecule has 0 aliphatic rings. The van der Waals surface area contributed by atoms with Crippen LogP contribution in [0.15, 0.2) is 82.8 Å². The van der Waals surface area contributed by atoms with Crippen molar-refractivity contribution in [2.24, 2.45) is 13.0 Å². The highest BCUT2D eigenvalue weighted by atomic mass is 32.2. The van der Waals surface area contributed by atoms with Crippen molar-refractivity contribution in [3.8, 4) is 22.3 Å². The number of hydrogen-bond acceptors (Lipinski definition) is 2. The quantitative estimate of drug-likeness (QED) is 0.468. The van der Waals surface area contributed by atoms with Crippen molar-refractivity contribution >= 4 is 10.8 Å². The van der Waals surface area contributed by atoms with E-state index in [1.54, 1.807) is 0 Å². The number of hydrogen-bond donors (Lipinski definition) is 0. The van der Waals surface area contributed by atoms with Crippen molar-refractivity contribution in [2.75, 3.05) is 5.75 Å². The molecule has 0 N–H and O–H groups in total. The first-order valence-electron chi connectivity index (χ1n) is 10.3. The summed E-state index contributed by atoms with van der Waals surface area (Å²) in [6.45, 7) is 6.30. The second-order valence-corrected chi connectivity index (χ2v) is 9.48. The van der Waals surface area contributed by atoms with Gasteiger partial charge < -0.3 is 4.57 Å². The van der Waals surface area contributed by atoms with Crippen molar-refractivity contribution in [1.29, 1.82) is 0 Å². The van der Waals surface area contributed by atoms with Crippen molar-refractivity contribution in [3.05, 3.63) is 88.9 Å². The van der Waals surface area contributed by atoms with Gasteiger partial charge in [-0.05, 0) is 48.1 Å². The van der Waals surface area contributed by atoms with Crippen LogP contribution in [0.4, 0.5) is 0 Å². The van der Waals surface area contributed by atoms with E-state index in [1.807, 2.05) is 79.5 Å². The summed E-state index contributed by atoms with van der Waals surface area (Å²) in [6, 6.07) is 15.7. The second kappa shape index (κ2) is 9.86. The molecule has 1 heterocycles. The fourth-order valence-corrected chi connectivity index (χ4v) is 4.59. The van der Waals surface area contributed by atoms with Crippen LogP contribution in [0, 0.1) is 5.92 Å². The molecule has 1 atom stereocenters. The molecule has 0 aliphatic heterocycles. The molecule has 1 unspecified atom stereocenters. The summed E-state index contributed by atoms with van der Waals surface area (Å²) in [5.41, 5.74) is 4.25. The molecule has 0 bridgehead atoms. The predicted molar refractivity (Wildman–Crippen MR) is 127 cm³/mol. The van der Waals surface area contributed by atoms with E-state index in [0.29, 0.717) is 22.8 Å². The third-order valence-electron chi connectivity index (χ3n) is 4.93. The molecular formula is C26H29NO2S. The van der Waals surface area contributed by atoms with E-state index < -0.39 is 10.8 Å². The van der Waals surface area contributed by atoms with Crippen molar-refractivity contribution in [2.45, 2.75) is 32.1 Å². The second-order valence-electron chi connectivity index (χ2n) is 7.99. The number of benzene rings is 2. The van der Waals surface area contributed by atoms with Crippen LogP contribution < -0.4 is 5.43 Å². The van der Waals surface area contributed by atoms with Crippen LogP contribution >= 0.6 is 0 Å². The van der Waals surface area contributed by atoms with E-state index in [1.165, 1.54) is 5.56 Å². The third-order valence-corrected chi connectivity index (χ3v) is 6.20. The Labute approximate surface area is 181 Å². The lowest BCUT2D eigenvalue weighted by Crippen LogP contribution is -2.12. The first-order valence-corrected chi connectivity index (χ1v) is 11.6. The molecule has 0 saturated heterocycles. The summed E-state index contributed by atoms with van der Waals surface area (Å²) in [6.07, 6.45) is 8.50. The molecule has 3 aromatic rings. The summed E-state index contributed by atoms with van der Waals surface area (Å²) in [5.74, 6) is 1.03. The average molecular weight is 420 g/mol. The smallest absolute Gasteiger partial charge is 0.197 e. The Kier molecular flexibility index (Phi) is 7.22. The van der Waals surface area contributed by atoms with E-state index in [2.05, 4.69) is 26.0 Å². The number of aromatic nitrogens is 1. The zero-order chi connectivity index (χ0) is 21.7. The molecule has 0 aliphatic carbocycles. The fraction of sp³-hybridized carbons (Fsp3) is 0.269. The summed E-state index contributed by atoms with van der Waals surface area (Å²) in [4.78, 5) is 14.1. The zero-order valence-electron chi connectivity index (χ0n) is 18.1. The lowest BCUT2D eigenvalue weighted by atomic mass is 9.97. The van der Waals surface area contributed by atoms with Gasteiger partial charge in [-0.25, -0.2) is 0 Å². The number of pyridine rings is 1. The third kappa shape index (κ3) is 5.25. The number of allylic oxidation sites excluding steroid dienone is 1. The molecule has 1 aromatic heterocycles. The highest BCUT2D eigenvalue weighted by molar-refractivity contribution is 7.85. The average Bonchev–Trinajstić information content (AvgIpc) is 2.73. The van der Waals surface area contributed by atoms with Crippen LogP contribution in [0.25, 0.3) is 22.3 Å². The first-order chi connectivity index (χ1) is 14.4. The van der Waals surface area contributed by atoms with Gasteiger partial charge in [-0.1, -0.05) is 62.4 Å². The van der Waals surface area contributed by atoms with Gasteiger partial charge in [0, 0.05) is 41.2 Å². The largest absolute Gasteiger partial charge is 0.356 e. The molecule has 0 saturated carbocycles. The van der Waals surface area contributed by atoms with Gasteiger partial charge in [0.25, 0.3) is 0 Å². The van der Waals surface area contributed by atoms with E-state index >= 15 is 0 Å². The summed E-state index contributed by atoms with van der Waals surface area (Å²) >= 11 is 0. The molecule has 2 aromatic carbocycles. The molecule has 0 amide bonds. The Bertz CT molecular complexity index is 1140. The van der Waals surface area contributed by atoms with E-state index in [9.17, 15) is 9.00 Å². The van der Waals surface area contributed by atoms with E-state index in [4.69, 9.17) is 0 Å². The molecular weight excluding hydrogens is 390 g/mol. The standard InChI is InChI=1S/C26H29NO2S/c1-5-6-13-30(29)23-12-8-11-22(16-23)25-18-27(4)17-24(26(25)28)21-10-7-9-20(15-21)14-19(2)3/h5-12,15-19H,13-14H2,1-4H3. The van der Waals surface area contributed by atoms with Crippen LogP contribution in [0.3, 0.4) is 0 Å². The van der Waals surface area contributed by atoms with Gasteiger partial charge >= 0.3 is 0 Å². The Morgan fingerprint density at radius 1 is 1.00 bits per heavy atom. The van der Waals surface area contributed by atoms with Crippen molar-refractivity contribution < 1.29 is 4.21 Å². The maximum Gasteiger partial charge on any atom is 0.197 e. The van der Waals surface area contributed by atoms with Gasteiger partial charge in [-0.15, -0.1) is 0 Å². The number of rotatable bonds is 7. The molecule has 4 heteroatoms. The van der Waals surface area contributed by atoms with Gasteiger partial charge in [0.1, 0.15) is 0 Å². The van der Waals surface area contributed by atoms with Crippen LogP contribution in [-0.4, -0.2) is 14.5 Å². The summed E-state index contributed by atoms with van der Waals surface area (Å²) in [5, 5.41) is 0. The number of aryl methyl sites for hydroxylation is 1. The predicted octanol–water partition coefficient (Wildman–Crippen LogP) is 5.60. The van der Waals surface area contributed by atoms with E-state index in [-0.39, 0.29) is 5.43 Å². The molecule has 30 heavy (non-hydrogen) atoms. The minimum absolute atomic E-state index is 0.00816. The molecule has 156 valence electrons. The van der Waals surface area contributed by atoms with Crippen LogP contribution in [-0.2, 0) is 24.3 Å². The molecule has 0 radical (unpaired) electrons. The highest BCUT2D eigenvalue weighted by Gasteiger charge is 2.13. The maximum atomic E-state index is 13.4. The maximum absolute atomic E-state index is 13.4. The Morgan fingerprint density at radius 3 is 2.27 bits per heavy atom. The molecule has 0 spiro atoms. The molecule has 3 rings (SSSR count). The lowest BCUT2D eigenvalue weighted by molar-refractivity contribution is 0.647. The highest BCUT2D eigenvalue weighted by Crippen LogP contribution is 2.24. The van der Waals surface area contributed by atoms with Gasteiger partial charge in [0.2, 0.25) is 0 Å². The topological polar surface area (TPSA) is 39.1 Å². The number of nitrogens with zero attached hydrogens (tertiary/aromatic N) is 1. The SMILES string of the molecule is CC=CCS(=O)c1cccc(-c2cn(C)cc(-c3cccc(CC(C)C)c3)c2=O)c1. The minimum atomic E-state index is -1.13. The lowest BCUT2D eigenvalue weighted by Gasteiger charge is -2.12. The normalized spacial score (nSPS) is 12.6.